The lowest BCUT2D eigenvalue weighted by atomic mass is 9.82. The van der Waals surface area contributed by atoms with E-state index < -0.39 is 5.76 Å². The Morgan fingerprint density at radius 3 is 2.34 bits per heavy atom. The van der Waals surface area contributed by atoms with Crippen molar-refractivity contribution >= 4 is 5.91 Å². The first-order valence-corrected chi connectivity index (χ1v) is 16.0. The van der Waals surface area contributed by atoms with Gasteiger partial charge in [-0.3, -0.25) is 23.7 Å². The number of carbonyl (C=O) groups is 1. The first-order chi connectivity index (χ1) is 21.4. The molecule has 44 heavy (non-hydrogen) atoms. The number of fused-ring (bicyclic) bond motifs is 1. The molecule has 2 fully saturated rings. The highest BCUT2D eigenvalue weighted by molar-refractivity contribution is 5.80. The van der Waals surface area contributed by atoms with Crippen LogP contribution in [0.2, 0.25) is 0 Å². The van der Waals surface area contributed by atoms with Crippen LogP contribution >= 0.6 is 0 Å². The minimum absolute atomic E-state index is 0.0455. The second kappa shape index (κ2) is 13.2. The summed E-state index contributed by atoms with van der Waals surface area (Å²) in [6, 6.07) is 15.7. The Morgan fingerprint density at radius 2 is 1.68 bits per heavy atom. The smallest absolute Gasteiger partial charge is 0.342 e. The number of likely N-dealkylation sites (tertiary alicyclic amines) is 1. The SMILES string of the molecule is CCCCc1nc(C)c(CCC(=O)N2CC3CCCCC3C2)c(=O)n1Cc1ccc(-c2ccccc2-c2noc(=O)[nH]2)cc1. The van der Waals surface area contributed by atoms with E-state index in [1.807, 2.05) is 60.4 Å². The Balaban J connectivity index is 1.22. The van der Waals surface area contributed by atoms with Gasteiger partial charge in [0.1, 0.15) is 5.82 Å². The third kappa shape index (κ3) is 6.32. The molecule has 2 aromatic carbocycles. The first kappa shape index (κ1) is 29.8. The van der Waals surface area contributed by atoms with E-state index in [1.54, 1.807) is 4.57 Å². The van der Waals surface area contributed by atoms with Crippen LogP contribution in [0.1, 0.15) is 74.5 Å². The molecule has 0 bridgehead atoms. The van der Waals surface area contributed by atoms with Crippen LogP contribution in [-0.4, -0.2) is 43.6 Å². The summed E-state index contributed by atoms with van der Waals surface area (Å²) in [6.07, 6.45) is 8.46. The van der Waals surface area contributed by atoms with Crippen LogP contribution < -0.4 is 11.3 Å². The van der Waals surface area contributed by atoms with Crippen molar-refractivity contribution in [2.45, 2.75) is 78.2 Å². The molecule has 1 N–H and O–H groups in total. The summed E-state index contributed by atoms with van der Waals surface area (Å²) in [6.45, 7) is 6.19. The van der Waals surface area contributed by atoms with Gasteiger partial charge < -0.3 is 4.90 Å². The van der Waals surface area contributed by atoms with Crippen molar-refractivity contribution in [3.63, 3.8) is 0 Å². The average Bonchev–Trinajstić information content (AvgIpc) is 3.68. The van der Waals surface area contributed by atoms with Crippen molar-refractivity contribution in [2.75, 3.05) is 13.1 Å². The topological polar surface area (TPSA) is 114 Å². The van der Waals surface area contributed by atoms with Gasteiger partial charge in [-0.05, 0) is 61.1 Å². The summed E-state index contributed by atoms with van der Waals surface area (Å²) in [5.74, 6) is 2.03. The fraction of sp³-hybridized carbons (Fsp3) is 0.457. The number of aromatic amines is 1. The minimum atomic E-state index is -0.598. The number of benzene rings is 2. The molecule has 0 radical (unpaired) electrons. The van der Waals surface area contributed by atoms with E-state index >= 15 is 0 Å². The summed E-state index contributed by atoms with van der Waals surface area (Å²) >= 11 is 0. The molecule has 2 atom stereocenters. The van der Waals surface area contributed by atoms with Crippen LogP contribution in [-0.2, 0) is 24.2 Å². The highest BCUT2D eigenvalue weighted by Crippen LogP contribution is 2.36. The average molecular weight is 596 g/mol. The number of carbonyl (C=O) groups excluding carboxylic acids is 1. The van der Waals surface area contributed by atoms with Gasteiger partial charge in [-0.1, -0.05) is 79.9 Å². The monoisotopic (exact) mass is 595 g/mol. The van der Waals surface area contributed by atoms with Crippen molar-refractivity contribution in [3.05, 3.63) is 92.1 Å². The summed E-state index contributed by atoms with van der Waals surface area (Å²) < 4.78 is 6.52. The highest BCUT2D eigenvalue weighted by Gasteiger charge is 2.36. The van der Waals surface area contributed by atoms with Crippen LogP contribution in [0.15, 0.2) is 62.6 Å². The number of nitrogens with one attached hydrogen (secondary N) is 1. The molecule has 9 heteroatoms. The number of H-pyrrole nitrogens is 1. The highest BCUT2D eigenvalue weighted by atomic mass is 16.5. The third-order valence-electron chi connectivity index (χ3n) is 9.45. The number of amides is 1. The summed E-state index contributed by atoms with van der Waals surface area (Å²) in [4.78, 5) is 48.3. The number of aryl methyl sites for hydroxylation is 2. The molecule has 2 unspecified atom stereocenters. The summed E-state index contributed by atoms with van der Waals surface area (Å²) in [5.41, 5.74) is 4.93. The van der Waals surface area contributed by atoms with Gasteiger partial charge in [0.05, 0.1) is 6.54 Å². The number of hydrogen-bond acceptors (Lipinski definition) is 6. The first-order valence-electron chi connectivity index (χ1n) is 16.0. The fourth-order valence-corrected chi connectivity index (χ4v) is 6.99. The summed E-state index contributed by atoms with van der Waals surface area (Å²) in [5, 5.41) is 3.86. The molecule has 1 aliphatic heterocycles. The van der Waals surface area contributed by atoms with Crippen LogP contribution in [0.25, 0.3) is 22.5 Å². The second-order valence-corrected chi connectivity index (χ2v) is 12.4. The molecule has 2 aromatic heterocycles. The van der Waals surface area contributed by atoms with Gasteiger partial charge in [-0.2, -0.15) is 0 Å². The van der Waals surface area contributed by atoms with Crippen molar-refractivity contribution in [1.82, 2.24) is 24.6 Å². The Hall–Kier alpha value is -4.27. The molecule has 1 saturated carbocycles. The van der Waals surface area contributed by atoms with Gasteiger partial charge in [0.15, 0.2) is 5.82 Å². The number of hydrogen-bond donors (Lipinski definition) is 1. The Kier molecular flexibility index (Phi) is 8.91. The van der Waals surface area contributed by atoms with Crippen LogP contribution in [0.5, 0.6) is 0 Å². The van der Waals surface area contributed by atoms with Crippen LogP contribution in [0.3, 0.4) is 0 Å². The Morgan fingerprint density at radius 1 is 0.977 bits per heavy atom. The number of unbranched alkanes of at least 4 members (excludes halogenated alkanes) is 1. The maximum absolute atomic E-state index is 14.0. The molecule has 4 aromatic rings. The summed E-state index contributed by atoms with van der Waals surface area (Å²) in [7, 11) is 0. The van der Waals surface area contributed by atoms with E-state index in [0.717, 1.165) is 66.1 Å². The van der Waals surface area contributed by atoms with E-state index in [0.29, 0.717) is 42.6 Å². The lowest BCUT2D eigenvalue weighted by molar-refractivity contribution is -0.130. The molecular weight excluding hydrogens is 554 g/mol. The maximum atomic E-state index is 14.0. The largest absolute Gasteiger partial charge is 0.439 e. The fourth-order valence-electron chi connectivity index (χ4n) is 6.99. The number of aromatic nitrogens is 4. The standard InChI is InChI=1S/C35H41N5O4/c1-3-4-13-31-36-23(2)28(18-19-32(41)39-21-26-9-5-6-10-27(26)22-39)34(42)40(31)20-24-14-16-25(17-15-24)29-11-7-8-12-30(29)33-37-35(43)44-38-33/h7-8,11-12,14-17,26-27H,3-6,9-10,13,18-22H2,1-2H3,(H,37,38,43). The van der Waals surface area contributed by atoms with Gasteiger partial charge in [-0.25, -0.2) is 9.78 Å². The number of nitrogens with zero attached hydrogens (tertiary/aromatic N) is 4. The molecule has 1 saturated heterocycles. The molecular formula is C35H41N5O4. The van der Waals surface area contributed by atoms with E-state index in [4.69, 9.17) is 9.51 Å². The molecule has 2 aliphatic rings. The second-order valence-electron chi connectivity index (χ2n) is 12.4. The minimum Gasteiger partial charge on any atom is -0.342 e. The lowest BCUT2D eigenvalue weighted by Crippen LogP contribution is -2.32. The molecule has 6 rings (SSSR count). The molecule has 9 nitrogen and oxygen atoms in total. The Bertz CT molecular complexity index is 1720. The van der Waals surface area contributed by atoms with Gasteiger partial charge >= 0.3 is 5.76 Å². The predicted molar refractivity (Wildman–Crippen MR) is 169 cm³/mol. The van der Waals surface area contributed by atoms with Gasteiger partial charge in [0.2, 0.25) is 5.91 Å². The molecule has 230 valence electrons. The van der Waals surface area contributed by atoms with E-state index in [9.17, 15) is 14.4 Å². The normalized spacial score (nSPS) is 18.0. The lowest BCUT2D eigenvalue weighted by Gasteiger charge is -2.22. The van der Waals surface area contributed by atoms with Crippen molar-refractivity contribution in [2.24, 2.45) is 11.8 Å². The molecule has 3 heterocycles. The van der Waals surface area contributed by atoms with Gasteiger partial charge in [0.25, 0.3) is 5.56 Å². The Labute approximate surface area is 257 Å². The van der Waals surface area contributed by atoms with E-state index in [-0.39, 0.29) is 11.5 Å². The van der Waals surface area contributed by atoms with Crippen molar-refractivity contribution in [1.29, 1.82) is 0 Å². The van der Waals surface area contributed by atoms with Crippen LogP contribution in [0.4, 0.5) is 0 Å². The molecule has 1 amide bonds. The molecule has 0 spiro atoms. The van der Waals surface area contributed by atoms with E-state index in [2.05, 4.69) is 17.1 Å². The van der Waals surface area contributed by atoms with Crippen molar-refractivity contribution < 1.29 is 9.32 Å². The zero-order valence-electron chi connectivity index (χ0n) is 25.7. The van der Waals surface area contributed by atoms with E-state index in [1.165, 1.54) is 25.7 Å². The number of rotatable bonds is 10. The van der Waals surface area contributed by atoms with Crippen molar-refractivity contribution in [3.8, 4) is 22.5 Å². The zero-order chi connectivity index (χ0) is 30.6. The van der Waals surface area contributed by atoms with Crippen LogP contribution in [0, 0.1) is 18.8 Å². The van der Waals surface area contributed by atoms with Gasteiger partial charge in [0, 0.05) is 42.8 Å². The quantitative estimate of drug-likeness (QED) is 0.258. The third-order valence-corrected chi connectivity index (χ3v) is 9.45. The van der Waals surface area contributed by atoms with Gasteiger partial charge in [-0.15, -0.1) is 0 Å². The molecule has 1 aliphatic carbocycles. The predicted octanol–water partition coefficient (Wildman–Crippen LogP) is 5.53. The maximum Gasteiger partial charge on any atom is 0.439 e. The zero-order valence-corrected chi connectivity index (χ0v) is 25.7.